The van der Waals surface area contributed by atoms with Crippen molar-refractivity contribution in [2.75, 3.05) is 5.73 Å². The molecule has 1 aliphatic heterocycles. The molecular formula is C15H14N2O2. The maximum absolute atomic E-state index is 12.5. The second-order valence-electron chi connectivity index (χ2n) is 4.67. The van der Waals surface area contributed by atoms with E-state index in [1.807, 2.05) is 31.2 Å². The Hall–Kier alpha value is -2.36. The lowest BCUT2D eigenvalue weighted by Crippen LogP contribution is -2.27. The summed E-state index contributed by atoms with van der Waals surface area (Å²) in [4.78, 5) is 16.5. The van der Waals surface area contributed by atoms with E-state index >= 15 is 0 Å². The molecule has 0 saturated carbocycles. The number of aromatic nitrogens is 1. The molecule has 96 valence electrons. The summed E-state index contributed by atoms with van der Waals surface area (Å²) in [5.41, 5.74) is 8.17. The number of anilines is 1. The third kappa shape index (κ3) is 1.95. The average Bonchev–Trinajstić information content (AvgIpc) is 2.82. The summed E-state index contributed by atoms with van der Waals surface area (Å²) in [6.45, 7) is 1.85. The van der Waals surface area contributed by atoms with Gasteiger partial charge < -0.3 is 10.5 Å². The highest BCUT2D eigenvalue weighted by atomic mass is 16.5. The molecule has 3 rings (SSSR count). The van der Waals surface area contributed by atoms with Crippen LogP contribution in [0.1, 0.15) is 21.5 Å². The lowest BCUT2D eigenvalue weighted by atomic mass is 9.99. The van der Waals surface area contributed by atoms with Gasteiger partial charge in [0, 0.05) is 12.6 Å². The molecule has 0 aliphatic carbocycles. The van der Waals surface area contributed by atoms with Gasteiger partial charge in [-0.05, 0) is 30.2 Å². The zero-order valence-corrected chi connectivity index (χ0v) is 10.6. The Balaban J connectivity index is 1.92. The fourth-order valence-electron chi connectivity index (χ4n) is 2.39. The average molecular weight is 254 g/mol. The quantitative estimate of drug-likeness (QED) is 0.834. The Morgan fingerprint density at radius 3 is 2.89 bits per heavy atom. The molecule has 2 heterocycles. The summed E-state index contributed by atoms with van der Waals surface area (Å²) < 4.78 is 5.70. The number of ether oxygens (including phenoxy) is 1. The number of ketones is 1. The monoisotopic (exact) mass is 254 g/mol. The molecule has 4 nitrogen and oxygen atoms in total. The summed E-state index contributed by atoms with van der Waals surface area (Å²) in [6, 6.07) is 9.48. The molecule has 2 aromatic rings. The van der Waals surface area contributed by atoms with Gasteiger partial charge in [-0.25, -0.2) is 4.98 Å². The molecule has 4 heteroatoms. The fraction of sp³-hybridized carbons (Fsp3) is 0.200. The second kappa shape index (κ2) is 4.39. The predicted molar refractivity (Wildman–Crippen MR) is 72.3 cm³/mol. The van der Waals surface area contributed by atoms with Gasteiger partial charge in [-0.2, -0.15) is 0 Å². The number of nitrogens with zero attached hydrogens (tertiary/aromatic N) is 1. The first-order chi connectivity index (χ1) is 9.16. The normalized spacial score (nSPS) is 16.8. The van der Waals surface area contributed by atoms with Crippen molar-refractivity contribution < 1.29 is 9.53 Å². The molecule has 1 aromatic heterocycles. The molecule has 0 saturated heterocycles. The van der Waals surface area contributed by atoms with E-state index in [1.54, 1.807) is 12.3 Å². The van der Waals surface area contributed by atoms with E-state index in [0.29, 0.717) is 12.0 Å². The van der Waals surface area contributed by atoms with Gasteiger partial charge in [-0.3, -0.25) is 4.79 Å². The topological polar surface area (TPSA) is 65.2 Å². The van der Waals surface area contributed by atoms with Gasteiger partial charge in [0.05, 0.1) is 5.56 Å². The Morgan fingerprint density at radius 1 is 1.37 bits per heavy atom. The van der Waals surface area contributed by atoms with E-state index in [1.165, 1.54) is 0 Å². The van der Waals surface area contributed by atoms with Crippen molar-refractivity contribution in [1.29, 1.82) is 0 Å². The molecule has 0 spiro atoms. The summed E-state index contributed by atoms with van der Waals surface area (Å²) in [5, 5.41) is 0. The lowest BCUT2D eigenvalue weighted by molar-refractivity contribution is 0.0824. The van der Waals surface area contributed by atoms with Crippen LogP contribution in [0.15, 0.2) is 36.5 Å². The summed E-state index contributed by atoms with van der Waals surface area (Å²) >= 11 is 0. The number of carbonyl (C=O) groups excluding carboxylic acids is 1. The van der Waals surface area contributed by atoms with E-state index in [-0.39, 0.29) is 11.6 Å². The van der Waals surface area contributed by atoms with Crippen LogP contribution in [0.5, 0.6) is 5.75 Å². The van der Waals surface area contributed by atoms with Gasteiger partial charge in [0.25, 0.3) is 0 Å². The first-order valence-corrected chi connectivity index (χ1v) is 6.16. The Kier molecular flexibility index (Phi) is 2.71. The van der Waals surface area contributed by atoms with Crippen molar-refractivity contribution in [3.8, 4) is 5.75 Å². The third-order valence-corrected chi connectivity index (χ3v) is 3.37. The van der Waals surface area contributed by atoms with E-state index < -0.39 is 6.10 Å². The minimum absolute atomic E-state index is 0.0979. The number of hydrogen-bond donors (Lipinski definition) is 1. The summed E-state index contributed by atoms with van der Waals surface area (Å²) in [7, 11) is 0. The van der Waals surface area contributed by atoms with Gasteiger partial charge >= 0.3 is 0 Å². The first-order valence-electron chi connectivity index (χ1n) is 6.16. The Morgan fingerprint density at radius 2 is 2.16 bits per heavy atom. The van der Waals surface area contributed by atoms with Gasteiger partial charge in [0.2, 0.25) is 5.78 Å². The summed E-state index contributed by atoms with van der Waals surface area (Å²) in [5.74, 6) is 0.949. The number of nitrogen functional groups attached to an aromatic ring is 1. The molecule has 1 aromatic carbocycles. The van der Waals surface area contributed by atoms with E-state index in [0.717, 1.165) is 16.9 Å². The molecule has 0 bridgehead atoms. The van der Waals surface area contributed by atoms with Crippen LogP contribution in [0.4, 0.5) is 5.82 Å². The minimum Gasteiger partial charge on any atom is -0.482 e. The van der Waals surface area contributed by atoms with E-state index in [9.17, 15) is 4.79 Å². The third-order valence-electron chi connectivity index (χ3n) is 3.37. The number of Topliss-reactive ketones (excluding diaryl/α,β-unsaturated/α-hetero) is 1. The van der Waals surface area contributed by atoms with Crippen LogP contribution < -0.4 is 10.5 Å². The van der Waals surface area contributed by atoms with Gasteiger partial charge in [-0.15, -0.1) is 0 Å². The fourth-order valence-corrected chi connectivity index (χ4v) is 2.39. The SMILES string of the molecule is Cc1ccnc(N)c1C(=O)C1Cc2ccccc2O1. The molecular weight excluding hydrogens is 240 g/mol. The highest BCUT2D eigenvalue weighted by Crippen LogP contribution is 2.30. The lowest BCUT2D eigenvalue weighted by Gasteiger charge is -2.12. The van der Waals surface area contributed by atoms with Crippen LogP contribution >= 0.6 is 0 Å². The minimum atomic E-state index is -0.498. The van der Waals surface area contributed by atoms with E-state index in [2.05, 4.69) is 4.98 Å². The van der Waals surface area contributed by atoms with Crippen molar-refractivity contribution in [2.45, 2.75) is 19.4 Å². The van der Waals surface area contributed by atoms with Crippen LogP contribution in [0.2, 0.25) is 0 Å². The zero-order valence-electron chi connectivity index (χ0n) is 10.6. The summed E-state index contributed by atoms with van der Waals surface area (Å²) in [6.07, 6.45) is 1.69. The van der Waals surface area contributed by atoms with Crippen LogP contribution in [0, 0.1) is 6.92 Å². The largest absolute Gasteiger partial charge is 0.482 e. The van der Waals surface area contributed by atoms with Gasteiger partial charge in [-0.1, -0.05) is 18.2 Å². The van der Waals surface area contributed by atoms with Crippen LogP contribution in [-0.4, -0.2) is 16.9 Å². The van der Waals surface area contributed by atoms with Crippen LogP contribution in [-0.2, 0) is 6.42 Å². The van der Waals surface area contributed by atoms with Gasteiger partial charge in [0.1, 0.15) is 11.6 Å². The highest BCUT2D eigenvalue weighted by Gasteiger charge is 2.31. The predicted octanol–water partition coefficient (Wildman–Crippen LogP) is 2.16. The maximum atomic E-state index is 12.5. The van der Waals surface area contributed by atoms with Crippen LogP contribution in [0.3, 0.4) is 0 Å². The molecule has 0 fully saturated rings. The number of fused-ring (bicyclic) bond motifs is 1. The molecule has 1 unspecified atom stereocenters. The van der Waals surface area contributed by atoms with Crippen molar-refractivity contribution in [3.63, 3.8) is 0 Å². The molecule has 0 amide bonds. The number of pyridine rings is 1. The second-order valence-corrected chi connectivity index (χ2v) is 4.67. The van der Waals surface area contributed by atoms with Crippen LogP contribution in [0.25, 0.3) is 0 Å². The number of benzene rings is 1. The Bertz CT molecular complexity index is 607. The van der Waals surface area contributed by atoms with Crippen molar-refractivity contribution in [3.05, 3.63) is 53.2 Å². The molecule has 2 N–H and O–H groups in total. The number of rotatable bonds is 2. The number of hydrogen-bond acceptors (Lipinski definition) is 4. The maximum Gasteiger partial charge on any atom is 0.207 e. The molecule has 19 heavy (non-hydrogen) atoms. The van der Waals surface area contributed by atoms with Crippen molar-refractivity contribution in [1.82, 2.24) is 4.98 Å². The smallest absolute Gasteiger partial charge is 0.207 e. The zero-order chi connectivity index (χ0) is 13.4. The number of para-hydroxylation sites is 1. The number of nitrogens with two attached hydrogens (primary N) is 1. The standard InChI is InChI=1S/C15H14N2O2/c1-9-6-7-17-15(16)13(9)14(18)12-8-10-4-2-3-5-11(10)19-12/h2-7,12H,8H2,1H3,(H2,16,17). The highest BCUT2D eigenvalue weighted by molar-refractivity contribution is 6.04. The first kappa shape index (κ1) is 11.7. The van der Waals surface area contributed by atoms with Gasteiger partial charge in [0.15, 0.2) is 6.10 Å². The molecule has 1 aliphatic rings. The number of carbonyl (C=O) groups is 1. The molecule has 0 radical (unpaired) electrons. The Labute approximate surface area is 111 Å². The van der Waals surface area contributed by atoms with E-state index in [4.69, 9.17) is 10.5 Å². The van der Waals surface area contributed by atoms with Crippen molar-refractivity contribution in [2.24, 2.45) is 0 Å². The molecule has 1 atom stereocenters. The number of aryl methyl sites for hydroxylation is 1. The van der Waals surface area contributed by atoms with Crippen molar-refractivity contribution >= 4 is 11.6 Å².